The van der Waals surface area contributed by atoms with Gasteiger partial charge in [0.2, 0.25) is 0 Å². The van der Waals surface area contributed by atoms with Crippen LogP contribution in [-0.4, -0.2) is 15.3 Å². The molecule has 0 aliphatic rings. The van der Waals surface area contributed by atoms with Gasteiger partial charge in [0.05, 0.1) is 11.9 Å². The van der Waals surface area contributed by atoms with E-state index >= 15 is 0 Å². The highest BCUT2D eigenvalue weighted by molar-refractivity contribution is 7.99. The van der Waals surface area contributed by atoms with E-state index in [-0.39, 0.29) is 0 Å². The van der Waals surface area contributed by atoms with Crippen LogP contribution < -0.4 is 0 Å². The summed E-state index contributed by atoms with van der Waals surface area (Å²) in [6.07, 6.45) is 3.84. The molecule has 0 atom stereocenters. The largest absolute Gasteiger partial charge is 0.287 e. The monoisotopic (exact) mass is 292 g/mol. The van der Waals surface area contributed by atoms with Crippen molar-refractivity contribution >= 4 is 11.8 Å². The minimum absolute atomic E-state index is 0.845. The molecule has 0 fully saturated rings. The summed E-state index contributed by atoms with van der Waals surface area (Å²) in [6, 6.07) is 20.7. The highest BCUT2D eigenvalue weighted by Gasteiger charge is 2.13. The van der Waals surface area contributed by atoms with E-state index in [0.29, 0.717) is 0 Å². The number of thioether (sulfide) groups is 1. The first-order chi connectivity index (χ1) is 10.4. The van der Waals surface area contributed by atoms with Crippen molar-refractivity contribution in [1.29, 1.82) is 0 Å². The fourth-order valence-corrected chi connectivity index (χ4v) is 2.94. The van der Waals surface area contributed by atoms with Crippen molar-refractivity contribution in [2.75, 3.05) is 5.75 Å². The van der Waals surface area contributed by atoms with E-state index in [2.05, 4.69) is 40.4 Å². The fourth-order valence-electron chi connectivity index (χ4n) is 2.21. The summed E-state index contributed by atoms with van der Waals surface area (Å²) in [4.78, 5) is 4.58. The van der Waals surface area contributed by atoms with Crippen LogP contribution in [0.25, 0.3) is 16.9 Å². The van der Waals surface area contributed by atoms with Gasteiger partial charge in [-0.3, -0.25) is 4.57 Å². The summed E-state index contributed by atoms with van der Waals surface area (Å²) in [7, 11) is 0. The van der Waals surface area contributed by atoms with Crippen LogP contribution in [0.1, 0.15) is 0 Å². The number of benzene rings is 2. The molecule has 3 heteroatoms. The van der Waals surface area contributed by atoms with Crippen LogP contribution >= 0.6 is 11.8 Å². The third kappa shape index (κ3) is 2.93. The lowest BCUT2D eigenvalue weighted by Crippen LogP contribution is -1.98. The van der Waals surface area contributed by atoms with Crippen molar-refractivity contribution in [3.05, 3.63) is 79.5 Å². The number of hydrogen-bond acceptors (Lipinski definition) is 2. The number of nitrogens with zero attached hydrogens (tertiary/aromatic N) is 2. The molecular weight excluding hydrogens is 276 g/mol. The van der Waals surface area contributed by atoms with Crippen LogP contribution in [0.3, 0.4) is 0 Å². The predicted octanol–water partition coefficient (Wildman–Crippen LogP) is 4.82. The summed E-state index contributed by atoms with van der Waals surface area (Å²) < 4.78 is 2.20. The van der Waals surface area contributed by atoms with Gasteiger partial charge in [-0.15, -0.1) is 6.58 Å². The van der Waals surface area contributed by atoms with Crippen LogP contribution in [-0.2, 0) is 0 Å². The third-order valence-electron chi connectivity index (χ3n) is 3.14. The molecular formula is C18H16N2S. The first-order valence-electron chi connectivity index (χ1n) is 6.82. The quantitative estimate of drug-likeness (QED) is 0.496. The summed E-state index contributed by atoms with van der Waals surface area (Å²) in [5.74, 6) is 0.845. The van der Waals surface area contributed by atoms with Gasteiger partial charge in [0.25, 0.3) is 0 Å². The van der Waals surface area contributed by atoms with Gasteiger partial charge in [-0.1, -0.05) is 66.4 Å². The van der Waals surface area contributed by atoms with Crippen molar-refractivity contribution < 1.29 is 0 Å². The molecule has 0 radical (unpaired) electrons. The normalized spacial score (nSPS) is 10.5. The molecule has 0 saturated heterocycles. The number of hydrogen-bond donors (Lipinski definition) is 0. The Morgan fingerprint density at radius 3 is 2.33 bits per heavy atom. The molecule has 0 bridgehead atoms. The molecule has 0 aliphatic carbocycles. The smallest absolute Gasteiger partial charge is 0.173 e. The van der Waals surface area contributed by atoms with Crippen LogP contribution in [0.15, 0.2) is 84.7 Å². The maximum atomic E-state index is 4.58. The Kier molecular flexibility index (Phi) is 4.22. The van der Waals surface area contributed by atoms with Gasteiger partial charge >= 0.3 is 0 Å². The van der Waals surface area contributed by atoms with E-state index in [4.69, 9.17) is 0 Å². The molecule has 2 aromatic carbocycles. The second-order valence-corrected chi connectivity index (χ2v) is 5.55. The summed E-state index contributed by atoms with van der Waals surface area (Å²) in [5.41, 5.74) is 3.40. The molecule has 2 nitrogen and oxygen atoms in total. The molecule has 1 aromatic heterocycles. The summed E-state index contributed by atoms with van der Waals surface area (Å²) >= 11 is 1.69. The van der Waals surface area contributed by atoms with Crippen LogP contribution in [0.5, 0.6) is 0 Å². The molecule has 0 N–H and O–H groups in total. The molecule has 0 spiro atoms. The van der Waals surface area contributed by atoms with Crippen molar-refractivity contribution in [2.24, 2.45) is 0 Å². The Bertz CT molecular complexity index is 717. The molecule has 0 unspecified atom stereocenters. The fraction of sp³-hybridized carbons (Fsp3) is 0.0556. The third-order valence-corrected chi connectivity index (χ3v) is 4.09. The SMILES string of the molecule is C=CCSc1ncc(-c2ccccc2)n1-c1ccccc1. The Hall–Kier alpha value is -2.26. The van der Waals surface area contributed by atoms with E-state index in [9.17, 15) is 0 Å². The van der Waals surface area contributed by atoms with Gasteiger partial charge < -0.3 is 0 Å². The molecule has 0 saturated carbocycles. The first-order valence-corrected chi connectivity index (χ1v) is 7.81. The Balaban J connectivity index is 2.13. The van der Waals surface area contributed by atoms with E-state index in [1.165, 1.54) is 5.56 Å². The second kappa shape index (κ2) is 6.46. The van der Waals surface area contributed by atoms with Crippen LogP contribution in [0.4, 0.5) is 0 Å². The van der Waals surface area contributed by atoms with Gasteiger partial charge in [-0.2, -0.15) is 0 Å². The van der Waals surface area contributed by atoms with Gasteiger partial charge in [-0.05, 0) is 12.1 Å². The van der Waals surface area contributed by atoms with E-state index in [0.717, 1.165) is 22.3 Å². The van der Waals surface area contributed by atoms with Gasteiger partial charge in [0.15, 0.2) is 5.16 Å². The van der Waals surface area contributed by atoms with Crippen molar-refractivity contribution in [3.63, 3.8) is 0 Å². The summed E-state index contributed by atoms with van der Waals surface area (Å²) in [5, 5.41) is 0.986. The topological polar surface area (TPSA) is 17.8 Å². The van der Waals surface area contributed by atoms with Gasteiger partial charge in [-0.25, -0.2) is 4.98 Å². The minimum Gasteiger partial charge on any atom is -0.287 e. The molecule has 3 rings (SSSR count). The van der Waals surface area contributed by atoms with Crippen molar-refractivity contribution in [2.45, 2.75) is 5.16 Å². The number of rotatable bonds is 5. The Morgan fingerprint density at radius 1 is 1.00 bits per heavy atom. The zero-order chi connectivity index (χ0) is 14.5. The minimum atomic E-state index is 0.845. The molecule has 3 aromatic rings. The van der Waals surface area contributed by atoms with Gasteiger partial charge in [0, 0.05) is 17.0 Å². The molecule has 0 aliphatic heterocycles. The number of para-hydroxylation sites is 1. The molecule has 1 heterocycles. The zero-order valence-electron chi connectivity index (χ0n) is 11.6. The highest BCUT2D eigenvalue weighted by Crippen LogP contribution is 2.29. The van der Waals surface area contributed by atoms with E-state index in [1.807, 2.05) is 48.7 Å². The highest BCUT2D eigenvalue weighted by atomic mass is 32.2. The molecule has 0 amide bonds. The summed E-state index contributed by atoms with van der Waals surface area (Å²) in [6.45, 7) is 3.79. The van der Waals surface area contributed by atoms with E-state index in [1.54, 1.807) is 11.8 Å². The van der Waals surface area contributed by atoms with Crippen LogP contribution in [0, 0.1) is 0 Å². The number of imidazole rings is 1. The lowest BCUT2D eigenvalue weighted by molar-refractivity contribution is 0.902. The Morgan fingerprint density at radius 2 is 1.67 bits per heavy atom. The van der Waals surface area contributed by atoms with Crippen molar-refractivity contribution in [1.82, 2.24) is 9.55 Å². The maximum absolute atomic E-state index is 4.58. The zero-order valence-corrected chi connectivity index (χ0v) is 12.5. The lowest BCUT2D eigenvalue weighted by Gasteiger charge is -2.11. The van der Waals surface area contributed by atoms with E-state index < -0.39 is 0 Å². The molecule has 104 valence electrons. The van der Waals surface area contributed by atoms with Crippen LogP contribution in [0.2, 0.25) is 0 Å². The Labute approximate surface area is 129 Å². The standard InChI is InChI=1S/C18H16N2S/c1-2-13-21-18-19-14-17(15-9-5-3-6-10-15)20(18)16-11-7-4-8-12-16/h2-12,14H,1,13H2. The van der Waals surface area contributed by atoms with Gasteiger partial charge in [0.1, 0.15) is 0 Å². The van der Waals surface area contributed by atoms with Crippen molar-refractivity contribution in [3.8, 4) is 16.9 Å². The first kappa shape index (κ1) is 13.7. The average Bonchev–Trinajstić information content (AvgIpc) is 2.98. The molecule has 21 heavy (non-hydrogen) atoms. The predicted molar refractivity (Wildman–Crippen MR) is 89.9 cm³/mol. The number of aromatic nitrogens is 2. The average molecular weight is 292 g/mol. The second-order valence-electron chi connectivity index (χ2n) is 4.56. The lowest BCUT2D eigenvalue weighted by atomic mass is 10.1. The maximum Gasteiger partial charge on any atom is 0.173 e.